The van der Waals surface area contributed by atoms with Gasteiger partial charge in [0.2, 0.25) is 0 Å². The van der Waals surface area contributed by atoms with Crippen molar-refractivity contribution in [2.75, 3.05) is 6.54 Å². The van der Waals surface area contributed by atoms with E-state index >= 15 is 0 Å². The zero-order valence-corrected chi connectivity index (χ0v) is 9.69. The highest BCUT2D eigenvalue weighted by molar-refractivity contribution is 5.03. The van der Waals surface area contributed by atoms with Crippen LogP contribution < -0.4 is 5.32 Å². The average molecular weight is 183 g/mol. The summed E-state index contributed by atoms with van der Waals surface area (Å²) in [5, 5.41) is 3.57. The summed E-state index contributed by atoms with van der Waals surface area (Å²) in [6.07, 6.45) is 3.68. The van der Waals surface area contributed by atoms with Gasteiger partial charge < -0.3 is 5.32 Å². The molecule has 0 fully saturated rings. The van der Waals surface area contributed by atoms with Crippen LogP contribution >= 0.6 is 0 Å². The predicted octanol–water partition coefficient (Wildman–Crippen LogP) is 3.37. The monoisotopic (exact) mass is 183 g/mol. The van der Waals surface area contributed by atoms with E-state index in [1.165, 1.54) is 24.8 Å². The lowest BCUT2D eigenvalue weighted by atomic mass is 9.90. The van der Waals surface area contributed by atoms with Crippen LogP contribution in [0, 0.1) is 5.92 Å². The quantitative estimate of drug-likeness (QED) is 0.597. The second-order valence-electron chi connectivity index (χ2n) is 3.85. The molecule has 0 heterocycles. The summed E-state index contributed by atoms with van der Waals surface area (Å²) in [4.78, 5) is 0. The predicted molar refractivity (Wildman–Crippen MR) is 61.0 cm³/mol. The Hall–Kier alpha value is -0.300. The minimum Gasteiger partial charge on any atom is -0.310 e. The molecule has 1 nitrogen and oxygen atoms in total. The van der Waals surface area contributed by atoms with E-state index < -0.39 is 0 Å². The van der Waals surface area contributed by atoms with Gasteiger partial charge in [-0.3, -0.25) is 0 Å². The van der Waals surface area contributed by atoms with Gasteiger partial charge in [0.05, 0.1) is 0 Å². The molecule has 0 aromatic heterocycles. The van der Waals surface area contributed by atoms with Gasteiger partial charge in [-0.1, -0.05) is 45.8 Å². The number of hydrogen-bond acceptors (Lipinski definition) is 1. The highest BCUT2D eigenvalue weighted by atomic mass is 14.9. The minimum atomic E-state index is 0.523. The number of nitrogens with one attached hydrogen (secondary N) is 1. The van der Waals surface area contributed by atoms with Gasteiger partial charge in [0.25, 0.3) is 0 Å². The van der Waals surface area contributed by atoms with Gasteiger partial charge in [0.15, 0.2) is 0 Å². The Morgan fingerprint density at radius 3 is 2.08 bits per heavy atom. The number of rotatable bonds is 7. The van der Waals surface area contributed by atoms with E-state index in [0.717, 1.165) is 12.5 Å². The Bertz CT molecular complexity index is 136. The van der Waals surface area contributed by atoms with E-state index in [9.17, 15) is 0 Å². The third kappa shape index (κ3) is 4.47. The normalized spacial score (nSPS) is 13.3. The maximum Gasteiger partial charge on any atom is 0.0302 e. The van der Waals surface area contributed by atoms with Crippen LogP contribution in [0.2, 0.25) is 0 Å². The molecule has 1 atom stereocenters. The van der Waals surface area contributed by atoms with E-state index in [-0.39, 0.29) is 0 Å². The van der Waals surface area contributed by atoms with Gasteiger partial charge >= 0.3 is 0 Å². The van der Waals surface area contributed by atoms with Crippen LogP contribution in [0.25, 0.3) is 0 Å². The molecule has 0 saturated carbocycles. The molecule has 0 aliphatic rings. The molecular formula is C12H25N. The lowest BCUT2D eigenvalue weighted by Crippen LogP contribution is -2.37. The molecule has 78 valence electrons. The van der Waals surface area contributed by atoms with Gasteiger partial charge in [-0.05, 0) is 25.8 Å². The van der Waals surface area contributed by atoms with E-state index in [1.54, 1.807) is 0 Å². The Morgan fingerprint density at radius 2 is 1.77 bits per heavy atom. The highest BCUT2D eigenvalue weighted by Crippen LogP contribution is 2.18. The van der Waals surface area contributed by atoms with Gasteiger partial charge in [0, 0.05) is 6.04 Å². The smallest absolute Gasteiger partial charge is 0.0302 e. The van der Waals surface area contributed by atoms with Crippen LogP contribution in [0.15, 0.2) is 12.2 Å². The molecule has 0 rings (SSSR count). The summed E-state index contributed by atoms with van der Waals surface area (Å²) < 4.78 is 0. The van der Waals surface area contributed by atoms with Crippen molar-refractivity contribution in [1.82, 2.24) is 5.32 Å². The fraction of sp³-hybridized carbons (Fsp3) is 0.833. The van der Waals surface area contributed by atoms with E-state index in [1.807, 2.05) is 0 Å². The first-order valence-corrected chi connectivity index (χ1v) is 5.56. The molecule has 0 radical (unpaired) electrons. The molecule has 1 heteroatoms. The fourth-order valence-corrected chi connectivity index (χ4v) is 1.80. The van der Waals surface area contributed by atoms with Crippen molar-refractivity contribution < 1.29 is 0 Å². The van der Waals surface area contributed by atoms with Crippen LogP contribution in [-0.2, 0) is 0 Å². The van der Waals surface area contributed by atoms with Crippen molar-refractivity contribution in [3.05, 3.63) is 12.2 Å². The summed E-state index contributed by atoms with van der Waals surface area (Å²) >= 11 is 0. The van der Waals surface area contributed by atoms with Crippen molar-refractivity contribution in [1.29, 1.82) is 0 Å². The summed E-state index contributed by atoms with van der Waals surface area (Å²) in [5.41, 5.74) is 1.28. The lowest BCUT2D eigenvalue weighted by molar-refractivity contribution is 0.371. The van der Waals surface area contributed by atoms with Crippen molar-refractivity contribution >= 4 is 0 Å². The zero-order chi connectivity index (χ0) is 10.3. The van der Waals surface area contributed by atoms with E-state index in [4.69, 9.17) is 0 Å². The molecular weight excluding hydrogens is 158 g/mol. The molecule has 0 aliphatic heterocycles. The Kier molecular flexibility index (Phi) is 6.97. The molecule has 0 aliphatic carbocycles. The second kappa shape index (κ2) is 7.14. The van der Waals surface area contributed by atoms with Crippen molar-refractivity contribution in [3.8, 4) is 0 Å². The van der Waals surface area contributed by atoms with Crippen molar-refractivity contribution in [2.45, 2.75) is 53.0 Å². The Morgan fingerprint density at radius 1 is 1.23 bits per heavy atom. The summed E-state index contributed by atoms with van der Waals surface area (Å²) in [6.45, 7) is 14.0. The molecule has 1 N–H and O–H groups in total. The lowest BCUT2D eigenvalue weighted by Gasteiger charge is -2.26. The van der Waals surface area contributed by atoms with Crippen LogP contribution in [-0.4, -0.2) is 12.6 Å². The largest absolute Gasteiger partial charge is 0.310 e. The third-order valence-electron chi connectivity index (χ3n) is 2.67. The maximum atomic E-state index is 4.06. The Labute approximate surface area is 83.6 Å². The van der Waals surface area contributed by atoms with Crippen LogP contribution in [0.4, 0.5) is 0 Å². The molecule has 13 heavy (non-hydrogen) atoms. The van der Waals surface area contributed by atoms with Gasteiger partial charge in [0.1, 0.15) is 0 Å². The summed E-state index contributed by atoms with van der Waals surface area (Å²) in [5.74, 6) is 0.754. The maximum absolute atomic E-state index is 4.06. The van der Waals surface area contributed by atoms with Crippen LogP contribution in [0.1, 0.15) is 47.0 Å². The van der Waals surface area contributed by atoms with Crippen molar-refractivity contribution in [3.63, 3.8) is 0 Å². The summed E-state index contributed by atoms with van der Waals surface area (Å²) in [6, 6.07) is 0.523. The topological polar surface area (TPSA) is 12.0 Å². The molecule has 0 aromatic rings. The van der Waals surface area contributed by atoms with Gasteiger partial charge in [-0.2, -0.15) is 0 Å². The second-order valence-corrected chi connectivity index (χ2v) is 3.85. The van der Waals surface area contributed by atoms with E-state index in [2.05, 4.69) is 39.6 Å². The van der Waals surface area contributed by atoms with Gasteiger partial charge in [-0.25, -0.2) is 0 Å². The van der Waals surface area contributed by atoms with Crippen LogP contribution in [0.5, 0.6) is 0 Å². The van der Waals surface area contributed by atoms with Gasteiger partial charge in [-0.15, -0.1) is 0 Å². The Balaban J connectivity index is 4.12. The molecule has 0 saturated heterocycles. The first kappa shape index (κ1) is 12.7. The average Bonchev–Trinajstić information content (AvgIpc) is 2.11. The molecule has 0 amide bonds. The fourth-order valence-electron chi connectivity index (χ4n) is 1.80. The zero-order valence-electron chi connectivity index (χ0n) is 9.69. The number of hydrogen-bond donors (Lipinski definition) is 1. The highest BCUT2D eigenvalue weighted by Gasteiger charge is 2.17. The van der Waals surface area contributed by atoms with Crippen LogP contribution in [0.3, 0.4) is 0 Å². The van der Waals surface area contributed by atoms with E-state index in [0.29, 0.717) is 6.04 Å². The standard InChI is InChI=1S/C12H25N/c1-6-9-13-12(10(4)5)11(7-2)8-3/h11-13H,4,6-9H2,1-3,5H3. The first-order chi connectivity index (χ1) is 6.17. The van der Waals surface area contributed by atoms with Crippen molar-refractivity contribution in [2.24, 2.45) is 5.92 Å². The third-order valence-corrected chi connectivity index (χ3v) is 2.67. The minimum absolute atomic E-state index is 0.523. The first-order valence-electron chi connectivity index (χ1n) is 5.56. The molecule has 0 spiro atoms. The molecule has 0 aromatic carbocycles. The molecule has 1 unspecified atom stereocenters. The SMILES string of the molecule is C=C(C)C(NCCC)C(CC)CC. The summed E-state index contributed by atoms with van der Waals surface area (Å²) in [7, 11) is 0. The molecule has 0 bridgehead atoms.